The molecule has 2 aliphatic heterocycles. The Morgan fingerprint density at radius 2 is 1.77 bits per heavy atom. The average molecular weight is 465 g/mol. The lowest BCUT2D eigenvalue weighted by Crippen LogP contribution is -2.40. The molecule has 0 spiro atoms. The van der Waals surface area contributed by atoms with Gasteiger partial charge in [0.1, 0.15) is 5.82 Å². The van der Waals surface area contributed by atoms with Gasteiger partial charge in [-0.1, -0.05) is 48.8 Å². The SMILES string of the molecule is CCCCOC(=O)C1=C(N)N2C(=O)[C@@H](C)SC2=C(C(=O)OCC)[C@H]1c1ccc(Cl)cc1. The van der Waals surface area contributed by atoms with Gasteiger partial charge in [0.2, 0.25) is 5.91 Å². The average Bonchev–Trinajstić information content (AvgIpc) is 3.03. The number of hydrogen-bond acceptors (Lipinski definition) is 7. The summed E-state index contributed by atoms with van der Waals surface area (Å²) in [6, 6.07) is 6.78. The van der Waals surface area contributed by atoms with Gasteiger partial charge in [-0.05, 0) is 38.0 Å². The first-order valence-corrected chi connectivity index (χ1v) is 11.4. The first-order chi connectivity index (χ1) is 14.8. The first-order valence-electron chi connectivity index (χ1n) is 10.2. The molecule has 1 aromatic rings. The first kappa shape index (κ1) is 23.2. The number of carbonyl (C=O) groups excluding carboxylic acids is 3. The number of fused-ring (bicyclic) bond motifs is 1. The Labute approximate surface area is 190 Å². The van der Waals surface area contributed by atoms with Crippen molar-refractivity contribution in [1.82, 2.24) is 4.90 Å². The van der Waals surface area contributed by atoms with Crippen LogP contribution in [0.2, 0.25) is 5.02 Å². The number of nitrogens with zero attached hydrogens (tertiary/aromatic N) is 1. The van der Waals surface area contributed by atoms with Gasteiger partial charge in [-0.3, -0.25) is 9.69 Å². The predicted molar refractivity (Wildman–Crippen MR) is 119 cm³/mol. The molecule has 2 N–H and O–H groups in total. The number of thioether (sulfide) groups is 1. The number of carbonyl (C=O) groups is 3. The van der Waals surface area contributed by atoms with Crippen molar-refractivity contribution in [1.29, 1.82) is 0 Å². The Morgan fingerprint density at radius 1 is 1.13 bits per heavy atom. The van der Waals surface area contributed by atoms with Crippen molar-refractivity contribution < 1.29 is 23.9 Å². The van der Waals surface area contributed by atoms with Gasteiger partial charge >= 0.3 is 11.9 Å². The fraction of sp³-hybridized carbons (Fsp3) is 0.409. The minimum Gasteiger partial charge on any atom is -0.463 e. The lowest BCUT2D eigenvalue weighted by atomic mass is 9.82. The number of benzene rings is 1. The van der Waals surface area contributed by atoms with Crippen molar-refractivity contribution in [3.8, 4) is 0 Å². The molecule has 1 aromatic carbocycles. The lowest BCUT2D eigenvalue weighted by molar-refractivity contribution is -0.140. The molecule has 1 amide bonds. The maximum atomic E-state index is 13.1. The summed E-state index contributed by atoms with van der Waals surface area (Å²) in [4.78, 5) is 40.3. The van der Waals surface area contributed by atoms with Crippen LogP contribution in [0.1, 0.15) is 45.1 Å². The summed E-state index contributed by atoms with van der Waals surface area (Å²) in [7, 11) is 0. The third-order valence-electron chi connectivity index (χ3n) is 5.03. The van der Waals surface area contributed by atoms with E-state index in [0.717, 1.165) is 6.42 Å². The van der Waals surface area contributed by atoms with Crippen molar-refractivity contribution >= 4 is 41.2 Å². The van der Waals surface area contributed by atoms with Crippen LogP contribution in [-0.2, 0) is 23.9 Å². The second-order valence-corrected chi connectivity index (χ2v) is 8.91. The van der Waals surface area contributed by atoms with Gasteiger partial charge in [-0.15, -0.1) is 0 Å². The van der Waals surface area contributed by atoms with E-state index in [9.17, 15) is 14.4 Å². The van der Waals surface area contributed by atoms with Crippen LogP contribution in [0.4, 0.5) is 0 Å². The molecule has 1 fully saturated rings. The molecule has 0 radical (unpaired) electrons. The van der Waals surface area contributed by atoms with Crippen LogP contribution in [0, 0.1) is 0 Å². The number of halogens is 1. The maximum Gasteiger partial charge on any atom is 0.338 e. The number of amides is 1. The Balaban J connectivity index is 2.21. The Bertz CT molecular complexity index is 957. The van der Waals surface area contributed by atoms with Crippen LogP contribution >= 0.6 is 23.4 Å². The van der Waals surface area contributed by atoms with Gasteiger partial charge in [-0.2, -0.15) is 0 Å². The monoisotopic (exact) mass is 464 g/mol. The van der Waals surface area contributed by atoms with Gasteiger partial charge in [-0.25, -0.2) is 9.59 Å². The van der Waals surface area contributed by atoms with Gasteiger partial charge in [0.25, 0.3) is 0 Å². The standard InChI is InChI=1S/C22H25ClN2O5S/c1-4-6-11-30-21(27)16-15(13-7-9-14(23)10-8-13)17(22(28)29-5-2)20-25(18(16)24)19(26)12(3)31-20/h7-10,12,15H,4-6,11,24H2,1-3H3/t12-,15+/m1/s1. The highest BCUT2D eigenvalue weighted by Gasteiger charge is 2.49. The van der Waals surface area contributed by atoms with Crippen molar-refractivity contribution in [2.75, 3.05) is 13.2 Å². The van der Waals surface area contributed by atoms with Gasteiger partial charge < -0.3 is 15.2 Å². The summed E-state index contributed by atoms with van der Waals surface area (Å²) in [6.07, 6.45) is 1.53. The van der Waals surface area contributed by atoms with Crippen LogP contribution in [0.25, 0.3) is 0 Å². The van der Waals surface area contributed by atoms with E-state index < -0.39 is 23.1 Å². The molecule has 31 heavy (non-hydrogen) atoms. The van der Waals surface area contributed by atoms with Crippen LogP contribution in [0.3, 0.4) is 0 Å². The van der Waals surface area contributed by atoms with E-state index in [1.165, 1.54) is 16.7 Å². The summed E-state index contributed by atoms with van der Waals surface area (Å²) >= 11 is 7.27. The second-order valence-electron chi connectivity index (χ2n) is 7.15. The van der Waals surface area contributed by atoms with Crippen LogP contribution in [0.5, 0.6) is 0 Å². The fourth-order valence-corrected chi connectivity index (χ4v) is 4.80. The number of rotatable bonds is 7. The largest absolute Gasteiger partial charge is 0.463 e. The Morgan fingerprint density at radius 3 is 2.39 bits per heavy atom. The van der Waals surface area contributed by atoms with E-state index >= 15 is 0 Å². The Kier molecular flexibility index (Phi) is 7.33. The third-order valence-corrected chi connectivity index (χ3v) is 6.47. The van der Waals surface area contributed by atoms with E-state index in [-0.39, 0.29) is 36.1 Å². The third kappa shape index (κ3) is 4.45. The highest BCUT2D eigenvalue weighted by molar-refractivity contribution is 8.04. The van der Waals surface area contributed by atoms with Crippen LogP contribution in [-0.4, -0.2) is 41.2 Å². The Hall–Kier alpha value is -2.45. The van der Waals surface area contributed by atoms with E-state index in [4.69, 9.17) is 26.8 Å². The molecule has 2 aliphatic rings. The molecule has 166 valence electrons. The minimum absolute atomic E-state index is 0.0219. The van der Waals surface area contributed by atoms with E-state index in [1.807, 2.05) is 6.92 Å². The highest BCUT2D eigenvalue weighted by atomic mass is 35.5. The maximum absolute atomic E-state index is 13.1. The normalized spacial score (nSPS) is 20.8. The molecule has 3 rings (SSSR count). The lowest BCUT2D eigenvalue weighted by Gasteiger charge is -2.33. The van der Waals surface area contributed by atoms with Gasteiger partial charge in [0, 0.05) is 5.02 Å². The predicted octanol–water partition coefficient (Wildman–Crippen LogP) is 3.69. The smallest absolute Gasteiger partial charge is 0.338 e. The molecule has 2 atom stereocenters. The van der Waals surface area contributed by atoms with Crippen molar-refractivity contribution in [2.45, 2.75) is 44.8 Å². The molecule has 0 aromatic heterocycles. The van der Waals surface area contributed by atoms with Crippen LogP contribution < -0.4 is 5.73 Å². The molecule has 7 nitrogen and oxygen atoms in total. The molecular formula is C22H25ClN2O5S. The number of nitrogens with two attached hydrogens (primary N) is 1. The zero-order valence-corrected chi connectivity index (χ0v) is 19.2. The topological polar surface area (TPSA) is 98.9 Å². The second kappa shape index (κ2) is 9.78. The highest BCUT2D eigenvalue weighted by Crippen LogP contribution is 2.49. The van der Waals surface area contributed by atoms with Gasteiger partial charge in [0.05, 0.1) is 40.6 Å². The van der Waals surface area contributed by atoms with E-state index in [0.29, 0.717) is 22.0 Å². The molecule has 2 heterocycles. The van der Waals surface area contributed by atoms with Gasteiger partial charge in [0.15, 0.2) is 0 Å². The molecular weight excluding hydrogens is 440 g/mol. The number of hydrogen-bond donors (Lipinski definition) is 1. The van der Waals surface area contributed by atoms with E-state index in [2.05, 4.69) is 0 Å². The number of unbranched alkanes of at least 4 members (excludes halogenated alkanes) is 1. The van der Waals surface area contributed by atoms with Crippen molar-refractivity contribution in [2.24, 2.45) is 5.73 Å². The van der Waals surface area contributed by atoms with E-state index in [1.54, 1.807) is 38.1 Å². The zero-order chi connectivity index (χ0) is 22.7. The molecule has 0 saturated carbocycles. The quantitative estimate of drug-likeness (QED) is 0.485. The summed E-state index contributed by atoms with van der Waals surface area (Å²) in [5.41, 5.74) is 7.24. The zero-order valence-electron chi connectivity index (χ0n) is 17.6. The number of ether oxygens (including phenoxy) is 2. The van der Waals surface area contributed by atoms with Crippen molar-refractivity contribution in [3.05, 3.63) is 56.8 Å². The van der Waals surface area contributed by atoms with Crippen LogP contribution in [0.15, 0.2) is 46.3 Å². The molecule has 1 saturated heterocycles. The summed E-state index contributed by atoms with van der Waals surface area (Å²) in [5.74, 6) is -2.44. The summed E-state index contributed by atoms with van der Waals surface area (Å²) in [6.45, 7) is 5.76. The fourth-order valence-electron chi connectivity index (χ4n) is 3.51. The number of esters is 2. The van der Waals surface area contributed by atoms with Crippen molar-refractivity contribution in [3.63, 3.8) is 0 Å². The molecule has 0 aliphatic carbocycles. The minimum atomic E-state index is -0.845. The summed E-state index contributed by atoms with van der Waals surface area (Å²) < 4.78 is 10.8. The molecule has 0 bridgehead atoms. The summed E-state index contributed by atoms with van der Waals surface area (Å²) in [5, 5.41) is 0.437. The molecule has 0 unspecified atom stereocenters. The molecule has 9 heteroatoms.